The van der Waals surface area contributed by atoms with Crippen molar-refractivity contribution in [3.63, 3.8) is 0 Å². The van der Waals surface area contributed by atoms with Crippen LogP contribution in [0.3, 0.4) is 0 Å². The third-order valence-electron chi connectivity index (χ3n) is 2.39. The molecule has 17 heavy (non-hydrogen) atoms. The lowest BCUT2D eigenvalue weighted by Crippen LogP contribution is -1.99. The minimum absolute atomic E-state index is 0.293. The Bertz CT molecular complexity index is 557. The number of hydrogen-bond acceptors (Lipinski definition) is 3. The van der Waals surface area contributed by atoms with E-state index in [0.717, 1.165) is 10.0 Å². The molecule has 0 spiro atoms. The van der Waals surface area contributed by atoms with Crippen molar-refractivity contribution in [2.24, 2.45) is 0 Å². The molecule has 0 aliphatic heterocycles. The minimum atomic E-state index is -0.293. The van der Waals surface area contributed by atoms with E-state index in [1.54, 1.807) is 18.3 Å². The van der Waals surface area contributed by atoms with Crippen molar-refractivity contribution in [1.82, 2.24) is 4.98 Å². The average Bonchev–Trinajstić information content (AvgIpc) is 2.30. The normalized spacial score (nSPS) is 10.3. The summed E-state index contributed by atoms with van der Waals surface area (Å²) >= 11 is 3.41. The largest absolute Gasteiger partial charge is 0.397 e. The molecule has 0 saturated heterocycles. The van der Waals surface area contributed by atoms with Crippen molar-refractivity contribution in [2.45, 2.75) is 6.92 Å². The number of nitrogens with one attached hydrogen (secondary N) is 1. The topological polar surface area (TPSA) is 50.9 Å². The number of rotatable bonds is 2. The molecule has 0 radical (unpaired) electrons. The smallest absolute Gasteiger partial charge is 0.145 e. The zero-order chi connectivity index (χ0) is 12.4. The van der Waals surface area contributed by atoms with Gasteiger partial charge in [0.15, 0.2) is 0 Å². The summed E-state index contributed by atoms with van der Waals surface area (Å²) in [6.45, 7) is 1.89. The van der Waals surface area contributed by atoms with Crippen LogP contribution in [0.4, 0.5) is 21.6 Å². The molecule has 1 heterocycles. The quantitative estimate of drug-likeness (QED) is 0.890. The molecular weight excluding hydrogens is 285 g/mol. The van der Waals surface area contributed by atoms with Gasteiger partial charge in [-0.2, -0.15) is 0 Å². The number of benzene rings is 1. The van der Waals surface area contributed by atoms with Crippen LogP contribution in [0.2, 0.25) is 0 Å². The van der Waals surface area contributed by atoms with E-state index < -0.39 is 0 Å². The van der Waals surface area contributed by atoms with E-state index in [1.807, 2.05) is 6.92 Å². The molecular formula is C12H11BrFN3. The first kappa shape index (κ1) is 11.9. The lowest BCUT2D eigenvalue weighted by atomic mass is 10.2. The van der Waals surface area contributed by atoms with E-state index in [-0.39, 0.29) is 5.82 Å². The lowest BCUT2D eigenvalue weighted by molar-refractivity contribution is 0.628. The standard InChI is InChI=1S/C12H11BrFN3/c1-7-10(15)6-16-12(11(7)13)17-9-4-2-3-8(14)5-9/h2-6H,15H2,1H3,(H,16,17). The third kappa shape index (κ3) is 2.55. The summed E-state index contributed by atoms with van der Waals surface area (Å²) in [7, 11) is 0. The Balaban J connectivity index is 2.34. The third-order valence-corrected chi connectivity index (χ3v) is 3.36. The van der Waals surface area contributed by atoms with Crippen LogP contribution in [0.25, 0.3) is 0 Å². The van der Waals surface area contributed by atoms with Crippen LogP contribution < -0.4 is 11.1 Å². The summed E-state index contributed by atoms with van der Waals surface area (Å²) in [6.07, 6.45) is 1.57. The number of aromatic nitrogens is 1. The maximum absolute atomic E-state index is 13.0. The maximum Gasteiger partial charge on any atom is 0.145 e. The fourth-order valence-electron chi connectivity index (χ4n) is 1.38. The summed E-state index contributed by atoms with van der Waals surface area (Å²) in [6, 6.07) is 6.19. The zero-order valence-corrected chi connectivity index (χ0v) is 10.8. The van der Waals surface area contributed by atoms with Gasteiger partial charge in [-0.25, -0.2) is 9.37 Å². The molecule has 3 N–H and O–H groups in total. The number of nitrogens with zero attached hydrogens (tertiary/aromatic N) is 1. The Morgan fingerprint density at radius 1 is 1.41 bits per heavy atom. The van der Waals surface area contributed by atoms with Gasteiger partial charge in [-0.3, -0.25) is 0 Å². The second-order valence-electron chi connectivity index (χ2n) is 3.64. The van der Waals surface area contributed by atoms with Crippen molar-refractivity contribution in [1.29, 1.82) is 0 Å². The van der Waals surface area contributed by atoms with E-state index in [2.05, 4.69) is 26.2 Å². The Labute approximate surface area is 107 Å². The Kier molecular flexibility index (Phi) is 3.28. The highest BCUT2D eigenvalue weighted by Crippen LogP contribution is 2.29. The monoisotopic (exact) mass is 295 g/mol. The highest BCUT2D eigenvalue weighted by atomic mass is 79.9. The van der Waals surface area contributed by atoms with Gasteiger partial charge in [-0.15, -0.1) is 0 Å². The molecule has 5 heteroatoms. The first-order valence-corrected chi connectivity index (χ1v) is 5.80. The van der Waals surface area contributed by atoms with Gasteiger partial charge in [0.25, 0.3) is 0 Å². The molecule has 0 saturated carbocycles. The molecule has 0 atom stereocenters. The van der Waals surface area contributed by atoms with E-state index >= 15 is 0 Å². The molecule has 3 nitrogen and oxygen atoms in total. The summed E-state index contributed by atoms with van der Waals surface area (Å²) in [5.41, 5.74) is 7.88. The minimum Gasteiger partial charge on any atom is -0.397 e. The molecule has 0 amide bonds. The van der Waals surface area contributed by atoms with Gasteiger partial charge in [0.2, 0.25) is 0 Å². The van der Waals surface area contributed by atoms with Gasteiger partial charge in [0.1, 0.15) is 11.6 Å². The first-order valence-electron chi connectivity index (χ1n) is 5.01. The fourth-order valence-corrected chi connectivity index (χ4v) is 1.81. The van der Waals surface area contributed by atoms with Crippen molar-refractivity contribution >= 4 is 33.1 Å². The second-order valence-corrected chi connectivity index (χ2v) is 4.43. The number of nitrogens with two attached hydrogens (primary N) is 1. The van der Waals surface area contributed by atoms with Gasteiger partial charge < -0.3 is 11.1 Å². The Morgan fingerprint density at radius 2 is 2.18 bits per heavy atom. The Morgan fingerprint density at radius 3 is 2.88 bits per heavy atom. The van der Waals surface area contributed by atoms with E-state index in [1.165, 1.54) is 12.1 Å². The van der Waals surface area contributed by atoms with Crippen LogP contribution >= 0.6 is 15.9 Å². The summed E-state index contributed by atoms with van der Waals surface area (Å²) in [5.74, 6) is 0.320. The number of halogens is 2. The molecule has 0 bridgehead atoms. The number of hydrogen-bond donors (Lipinski definition) is 2. The Hall–Kier alpha value is -1.62. The van der Waals surface area contributed by atoms with Crippen LogP contribution in [0.15, 0.2) is 34.9 Å². The molecule has 0 aliphatic rings. The predicted molar refractivity (Wildman–Crippen MR) is 70.8 cm³/mol. The number of nitrogen functional groups attached to an aromatic ring is 1. The van der Waals surface area contributed by atoms with Crippen LogP contribution in [0, 0.1) is 12.7 Å². The number of anilines is 3. The molecule has 1 aromatic carbocycles. The van der Waals surface area contributed by atoms with E-state index in [0.29, 0.717) is 17.2 Å². The van der Waals surface area contributed by atoms with Crippen molar-refractivity contribution < 1.29 is 4.39 Å². The van der Waals surface area contributed by atoms with E-state index in [4.69, 9.17) is 5.73 Å². The highest BCUT2D eigenvalue weighted by Gasteiger charge is 2.07. The van der Waals surface area contributed by atoms with Gasteiger partial charge in [0.05, 0.1) is 16.4 Å². The van der Waals surface area contributed by atoms with Crippen molar-refractivity contribution in [3.8, 4) is 0 Å². The fraction of sp³-hybridized carbons (Fsp3) is 0.0833. The van der Waals surface area contributed by atoms with Gasteiger partial charge in [-0.1, -0.05) is 6.07 Å². The van der Waals surface area contributed by atoms with Crippen LogP contribution in [-0.2, 0) is 0 Å². The number of pyridine rings is 1. The van der Waals surface area contributed by atoms with Gasteiger partial charge in [0, 0.05) is 5.69 Å². The SMILES string of the molecule is Cc1c(N)cnc(Nc2cccc(F)c2)c1Br. The van der Waals surface area contributed by atoms with Crippen LogP contribution in [-0.4, -0.2) is 4.98 Å². The molecule has 0 unspecified atom stereocenters. The average molecular weight is 296 g/mol. The maximum atomic E-state index is 13.0. The molecule has 1 aromatic heterocycles. The molecule has 88 valence electrons. The van der Waals surface area contributed by atoms with Gasteiger partial charge in [-0.05, 0) is 46.6 Å². The summed E-state index contributed by atoms with van der Waals surface area (Å²) < 4.78 is 13.8. The summed E-state index contributed by atoms with van der Waals surface area (Å²) in [5, 5.41) is 3.03. The van der Waals surface area contributed by atoms with E-state index in [9.17, 15) is 4.39 Å². The second kappa shape index (κ2) is 4.71. The molecule has 0 aliphatic carbocycles. The lowest BCUT2D eigenvalue weighted by Gasteiger charge is -2.10. The summed E-state index contributed by atoms with van der Waals surface area (Å²) in [4.78, 5) is 4.16. The van der Waals surface area contributed by atoms with Crippen molar-refractivity contribution in [3.05, 3.63) is 46.3 Å². The van der Waals surface area contributed by atoms with Crippen LogP contribution in [0.1, 0.15) is 5.56 Å². The molecule has 2 rings (SSSR count). The zero-order valence-electron chi connectivity index (χ0n) is 9.17. The highest BCUT2D eigenvalue weighted by molar-refractivity contribution is 9.10. The predicted octanol–water partition coefficient (Wildman–Crippen LogP) is 3.62. The molecule has 2 aromatic rings. The molecule has 0 fully saturated rings. The van der Waals surface area contributed by atoms with Crippen molar-refractivity contribution in [2.75, 3.05) is 11.1 Å². The van der Waals surface area contributed by atoms with Crippen LogP contribution in [0.5, 0.6) is 0 Å². The first-order chi connectivity index (χ1) is 8.08. The van der Waals surface area contributed by atoms with Gasteiger partial charge >= 0.3 is 0 Å².